The van der Waals surface area contributed by atoms with Crippen LogP contribution in [-0.2, 0) is 4.79 Å². The van der Waals surface area contributed by atoms with Crippen molar-refractivity contribution in [3.63, 3.8) is 0 Å². The molecule has 2 aliphatic carbocycles. The van der Waals surface area contributed by atoms with Crippen LogP contribution in [-0.4, -0.2) is 18.5 Å². The van der Waals surface area contributed by atoms with Crippen molar-refractivity contribution in [2.24, 2.45) is 23.5 Å². The highest BCUT2D eigenvalue weighted by Gasteiger charge is 2.48. The molecule has 0 heterocycles. The van der Waals surface area contributed by atoms with E-state index in [1.165, 1.54) is 19.3 Å². The number of carbonyl (C=O) groups is 1. The highest BCUT2D eigenvalue weighted by molar-refractivity contribution is 5.80. The first kappa shape index (κ1) is 10.9. The van der Waals surface area contributed by atoms with Gasteiger partial charge in [-0.2, -0.15) is 0 Å². The zero-order chi connectivity index (χ0) is 10.8. The second-order valence-corrected chi connectivity index (χ2v) is 5.08. The molecule has 0 radical (unpaired) electrons. The van der Waals surface area contributed by atoms with Crippen LogP contribution in [0, 0.1) is 17.8 Å². The summed E-state index contributed by atoms with van der Waals surface area (Å²) in [7, 11) is 0. The van der Waals surface area contributed by atoms with Crippen molar-refractivity contribution >= 4 is 5.91 Å². The van der Waals surface area contributed by atoms with Gasteiger partial charge in [-0.3, -0.25) is 4.79 Å². The number of carbonyl (C=O) groups excluding carboxylic acids is 1. The molecule has 0 aromatic rings. The highest BCUT2D eigenvalue weighted by Crippen LogP contribution is 2.47. The number of hydrogen-bond donors (Lipinski definition) is 2. The van der Waals surface area contributed by atoms with Gasteiger partial charge in [0.2, 0.25) is 5.91 Å². The molecule has 0 saturated heterocycles. The average molecular weight is 210 g/mol. The normalized spacial score (nSPS) is 38.3. The zero-order valence-corrected chi connectivity index (χ0v) is 9.54. The van der Waals surface area contributed by atoms with Crippen LogP contribution in [0.2, 0.25) is 0 Å². The van der Waals surface area contributed by atoms with Crippen LogP contribution in [0.5, 0.6) is 0 Å². The van der Waals surface area contributed by atoms with E-state index in [0.717, 1.165) is 19.4 Å². The van der Waals surface area contributed by atoms with Gasteiger partial charge in [-0.1, -0.05) is 13.3 Å². The van der Waals surface area contributed by atoms with Gasteiger partial charge in [0.25, 0.3) is 0 Å². The van der Waals surface area contributed by atoms with Crippen LogP contribution < -0.4 is 11.1 Å². The third-order valence-corrected chi connectivity index (χ3v) is 4.11. The Morgan fingerprint density at radius 3 is 2.73 bits per heavy atom. The molecular formula is C12H22N2O. The summed E-state index contributed by atoms with van der Waals surface area (Å²) in [5.74, 6) is 1.52. The predicted octanol–water partition coefficient (Wildman–Crippen LogP) is 1.28. The molecular weight excluding hydrogens is 188 g/mol. The Balaban J connectivity index is 1.85. The summed E-state index contributed by atoms with van der Waals surface area (Å²) in [5.41, 5.74) is 6.11. The SMILES string of the molecule is CCCCNC(=O)C1C2CCC(C2)C1N. The summed E-state index contributed by atoms with van der Waals surface area (Å²) in [6.45, 7) is 2.95. The van der Waals surface area contributed by atoms with Gasteiger partial charge in [0.1, 0.15) is 0 Å². The second-order valence-electron chi connectivity index (χ2n) is 5.08. The zero-order valence-electron chi connectivity index (χ0n) is 9.54. The molecule has 86 valence electrons. The van der Waals surface area contributed by atoms with E-state index in [2.05, 4.69) is 12.2 Å². The first-order valence-corrected chi connectivity index (χ1v) is 6.27. The van der Waals surface area contributed by atoms with Gasteiger partial charge in [0.05, 0.1) is 5.92 Å². The van der Waals surface area contributed by atoms with E-state index in [-0.39, 0.29) is 17.9 Å². The Morgan fingerprint density at radius 2 is 2.13 bits per heavy atom. The molecule has 0 aliphatic heterocycles. The van der Waals surface area contributed by atoms with Crippen LogP contribution in [0.25, 0.3) is 0 Å². The van der Waals surface area contributed by atoms with Gasteiger partial charge >= 0.3 is 0 Å². The largest absolute Gasteiger partial charge is 0.356 e. The summed E-state index contributed by atoms with van der Waals surface area (Å²) in [4.78, 5) is 11.9. The van der Waals surface area contributed by atoms with Gasteiger partial charge in [0.15, 0.2) is 0 Å². The average Bonchev–Trinajstić information content (AvgIpc) is 2.78. The molecule has 2 aliphatic rings. The first-order valence-electron chi connectivity index (χ1n) is 6.27. The maximum atomic E-state index is 11.9. The Bertz CT molecular complexity index is 240. The summed E-state index contributed by atoms with van der Waals surface area (Å²) in [5, 5.41) is 3.02. The molecule has 4 atom stereocenters. The van der Waals surface area contributed by atoms with Crippen molar-refractivity contribution in [2.45, 2.75) is 45.1 Å². The molecule has 3 heteroatoms. The molecule has 15 heavy (non-hydrogen) atoms. The number of nitrogens with two attached hydrogens (primary N) is 1. The maximum absolute atomic E-state index is 11.9. The highest BCUT2D eigenvalue weighted by atomic mass is 16.1. The fourth-order valence-electron chi connectivity index (χ4n) is 3.23. The van der Waals surface area contributed by atoms with Crippen LogP contribution in [0.3, 0.4) is 0 Å². The summed E-state index contributed by atoms with van der Waals surface area (Å²) < 4.78 is 0. The summed E-state index contributed by atoms with van der Waals surface area (Å²) in [6.07, 6.45) is 5.84. The fourth-order valence-corrected chi connectivity index (χ4v) is 3.23. The molecule has 0 spiro atoms. The van der Waals surface area contributed by atoms with E-state index >= 15 is 0 Å². The van der Waals surface area contributed by atoms with Crippen LogP contribution in [0.1, 0.15) is 39.0 Å². The number of amides is 1. The molecule has 0 aromatic carbocycles. The monoisotopic (exact) mass is 210 g/mol. The van der Waals surface area contributed by atoms with Crippen LogP contribution in [0.15, 0.2) is 0 Å². The number of fused-ring (bicyclic) bond motifs is 2. The molecule has 2 rings (SSSR count). The Morgan fingerprint density at radius 1 is 1.40 bits per heavy atom. The van der Waals surface area contributed by atoms with E-state index in [9.17, 15) is 4.79 Å². The lowest BCUT2D eigenvalue weighted by Gasteiger charge is -2.26. The van der Waals surface area contributed by atoms with E-state index < -0.39 is 0 Å². The van der Waals surface area contributed by atoms with Crippen molar-refractivity contribution in [3.8, 4) is 0 Å². The smallest absolute Gasteiger partial charge is 0.224 e. The Labute approximate surface area is 91.8 Å². The molecule has 2 fully saturated rings. The fraction of sp³-hybridized carbons (Fsp3) is 0.917. The molecule has 3 nitrogen and oxygen atoms in total. The maximum Gasteiger partial charge on any atom is 0.224 e. The van der Waals surface area contributed by atoms with Crippen molar-refractivity contribution < 1.29 is 4.79 Å². The van der Waals surface area contributed by atoms with Crippen molar-refractivity contribution in [1.82, 2.24) is 5.32 Å². The number of rotatable bonds is 4. The third-order valence-electron chi connectivity index (χ3n) is 4.11. The van der Waals surface area contributed by atoms with E-state index in [4.69, 9.17) is 5.73 Å². The lowest BCUT2D eigenvalue weighted by molar-refractivity contribution is -0.127. The summed E-state index contributed by atoms with van der Waals surface area (Å²) in [6, 6.07) is 0.130. The molecule has 3 N–H and O–H groups in total. The Hall–Kier alpha value is -0.570. The predicted molar refractivity (Wildman–Crippen MR) is 60.2 cm³/mol. The minimum atomic E-state index is 0.112. The minimum absolute atomic E-state index is 0.112. The van der Waals surface area contributed by atoms with Crippen LogP contribution >= 0.6 is 0 Å². The van der Waals surface area contributed by atoms with E-state index in [1.807, 2.05) is 0 Å². The van der Waals surface area contributed by atoms with Crippen molar-refractivity contribution in [3.05, 3.63) is 0 Å². The topological polar surface area (TPSA) is 55.1 Å². The standard InChI is InChI=1S/C12H22N2O/c1-2-3-6-14-12(15)10-8-4-5-9(7-8)11(10)13/h8-11H,2-7,13H2,1H3,(H,14,15). The quantitative estimate of drug-likeness (QED) is 0.687. The minimum Gasteiger partial charge on any atom is -0.356 e. The van der Waals surface area contributed by atoms with Crippen LogP contribution in [0.4, 0.5) is 0 Å². The molecule has 0 aromatic heterocycles. The molecule has 4 unspecified atom stereocenters. The molecule has 1 amide bonds. The lowest BCUT2D eigenvalue weighted by Crippen LogP contribution is -2.45. The number of unbranched alkanes of at least 4 members (excludes halogenated alkanes) is 1. The Kier molecular flexibility index (Phi) is 3.29. The molecule has 2 saturated carbocycles. The van der Waals surface area contributed by atoms with E-state index in [1.54, 1.807) is 0 Å². The second kappa shape index (κ2) is 4.52. The van der Waals surface area contributed by atoms with Crippen molar-refractivity contribution in [2.75, 3.05) is 6.54 Å². The summed E-state index contributed by atoms with van der Waals surface area (Å²) >= 11 is 0. The van der Waals surface area contributed by atoms with Crippen molar-refractivity contribution in [1.29, 1.82) is 0 Å². The number of nitrogens with one attached hydrogen (secondary N) is 1. The molecule has 2 bridgehead atoms. The first-order chi connectivity index (χ1) is 7.24. The van der Waals surface area contributed by atoms with Gasteiger partial charge in [-0.25, -0.2) is 0 Å². The van der Waals surface area contributed by atoms with Gasteiger partial charge < -0.3 is 11.1 Å². The number of hydrogen-bond acceptors (Lipinski definition) is 2. The lowest BCUT2D eigenvalue weighted by atomic mass is 9.84. The van der Waals surface area contributed by atoms with E-state index in [0.29, 0.717) is 11.8 Å². The van der Waals surface area contributed by atoms with Gasteiger partial charge in [0, 0.05) is 12.6 Å². The third kappa shape index (κ3) is 2.03. The van der Waals surface area contributed by atoms with Gasteiger partial charge in [-0.15, -0.1) is 0 Å². The van der Waals surface area contributed by atoms with Gasteiger partial charge in [-0.05, 0) is 37.5 Å².